The zero-order valence-corrected chi connectivity index (χ0v) is 14.8. The smallest absolute Gasteiger partial charge is 0.305 e. The first-order valence-corrected chi connectivity index (χ1v) is 8.98. The third kappa shape index (κ3) is 10.8. The third-order valence-corrected chi connectivity index (χ3v) is 4.01. The molecule has 0 saturated heterocycles. The Morgan fingerprint density at radius 1 is 0.913 bits per heavy atom. The van der Waals surface area contributed by atoms with Gasteiger partial charge in [0.25, 0.3) is 0 Å². The molecule has 0 N–H and O–H groups in total. The minimum absolute atomic E-state index is 0.0853. The van der Waals surface area contributed by atoms with Crippen molar-refractivity contribution < 1.29 is 14.3 Å². The molecule has 1 aromatic rings. The molecule has 130 valence electrons. The first kappa shape index (κ1) is 19.5. The Kier molecular flexibility index (Phi) is 11.0. The molecule has 0 unspecified atom stereocenters. The van der Waals surface area contributed by atoms with Crippen LogP contribution in [0.1, 0.15) is 69.8 Å². The SMILES string of the molecule is COC(=O)CCCCCCCCCCCOc1cccc(C)c1. The van der Waals surface area contributed by atoms with Gasteiger partial charge in [-0.3, -0.25) is 4.79 Å². The summed E-state index contributed by atoms with van der Waals surface area (Å²) in [5.41, 5.74) is 1.24. The number of benzene rings is 1. The molecule has 0 aromatic heterocycles. The molecular weight excluding hydrogens is 288 g/mol. The number of hydrogen-bond acceptors (Lipinski definition) is 3. The summed E-state index contributed by atoms with van der Waals surface area (Å²) in [4.78, 5) is 10.9. The van der Waals surface area contributed by atoms with E-state index in [1.54, 1.807) is 0 Å². The number of aryl methyl sites for hydroxylation is 1. The molecule has 0 radical (unpaired) electrons. The second-order valence-electron chi connectivity index (χ2n) is 6.17. The minimum atomic E-state index is -0.0853. The van der Waals surface area contributed by atoms with Gasteiger partial charge >= 0.3 is 5.97 Å². The van der Waals surface area contributed by atoms with Gasteiger partial charge in [-0.1, -0.05) is 57.1 Å². The van der Waals surface area contributed by atoms with Gasteiger partial charge in [0.05, 0.1) is 13.7 Å². The largest absolute Gasteiger partial charge is 0.494 e. The molecule has 1 aromatic carbocycles. The van der Waals surface area contributed by atoms with Crippen molar-refractivity contribution in [1.82, 2.24) is 0 Å². The van der Waals surface area contributed by atoms with Crippen molar-refractivity contribution >= 4 is 5.97 Å². The van der Waals surface area contributed by atoms with Gasteiger partial charge in [-0.2, -0.15) is 0 Å². The molecule has 0 aliphatic carbocycles. The predicted molar refractivity (Wildman–Crippen MR) is 94.9 cm³/mol. The summed E-state index contributed by atoms with van der Waals surface area (Å²) < 4.78 is 10.4. The Morgan fingerprint density at radius 2 is 1.52 bits per heavy atom. The number of ether oxygens (including phenoxy) is 2. The van der Waals surface area contributed by atoms with Crippen molar-refractivity contribution in [2.24, 2.45) is 0 Å². The normalized spacial score (nSPS) is 10.5. The Labute approximate surface area is 141 Å². The Morgan fingerprint density at radius 3 is 2.13 bits per heavy atom. The number of esters is 1. The number of hydrogen-bond donors (Lipinski definition) is 0. The lowest BCUT2D eigenvalue weighted by Gasteiger charge is -2.06. The molecule has 3 heteroatoms. The summed E-state index contributed by atoms with van der Waals surface area (Å²) >= 11 is 0. The molecule has 0 aliphatic rings. The van der Waals surface area contributed by atoms with Gasteiger partial charge in [-0.15, -0.1) is 0 Å². The van der Waals surface area contributed by atoms with Gasteiger partial charge in [0, 0.05) is 6.42 Å². The van der Waals surface area contributed by atoms with Crippen LogP contribution >= 0.6 is 0 Å². The lowest BCUT2D eigenvalue weighted by molar-refractivity contribution is -0.140. The zero-order valence-electron chi connectivity index (χ0n) is 14.8. The van der Waals surface area contributed by atoms with E-state index in [4.69, 9.17) is 4.74 Å². The van der Waals surface area contributed by atoms with Crippen molar-refractivity contribution in [2.75, 3.05) is 13.7 Å². The minimum Gasteiger partial charge on any atom is -0.494 e. The average molecular weight is 320 g/mol. The maximum absolute atomic E-state index is 10.9. The van der Waals surface area contributed by atoms with Crippen molar-refractivity contribution in [1.29, 1.82) is 0 Å². The van der Waals surface area contributed by atoms with E-state index in [0.717, 1.165) is 31.6 Å². The Hall–Kier alpha value is -1.51. The fraction of sp³-hybridized carbons (Fsp3) is 0.650. The first-order chi connectivity index (χ1) is 11.2. The van der Waals surface area contributed by atoms with Crippen LogP contribution in [-0.4, -0.2) is 19.7 Å². The number of unbranched alkanes of at least 4 members (excludes halogenated alkanes) is 8. The maximum atomic E-state index is 10.9. The van der Waals surface area contributed by atoms with E-state index in [1.807, 2.05) is 12.1 Å². The topological polar surface area (TPSA) is 35.5 Å². The second kappa shape index (κ2) is 13.0. The van der Waals surface area contributed by atoms with Gasteiger partial charge in [0.1, 0.15) is 5.75 Å². The van der Waals surface area contributed by atoms with Gasteiger partial charge < -0.3 is 9.47 Å². The van der Waals surface area contributed by atoms with Gasteiger partial charge in [-0.05, 0) is 37.5 Å². The molecule has 0 saturated carbocycles. The van der Waals surface area contributed by atoms with Gasteiger partial charge in [-0.25, -0.2) is 0 Å². The average Bonchev–Trinajstić information content (AvgIpc) is 2.55. The molecule has 0 atom stereocenters. The fourth-order valence-electron chi connectivity index (χ4n) is 2.61. The summed E-state index contributed by atoms with van der Waals surface area (Å²) in [6.07, 6.45) is 11.5. The van der Waals surface area contributed by atoms with Crippen LogP contribution in [0.5, 0.6) is 5.75 Å². The quantitative estimate of drug-likeness (QED) is 0.358. The van der Waals surface area contributed by atoms with Crippen molar-refractivity contribution in [3.05, 3.63) is 29.8 Å². The highest BCUT2D eigenvalue weighted by atomic mass is 16.5. The lowest BCUT2D eigenvalue weighted by Crippen LogP contribution is -1.99. The van der Waals surface area contributed by atoms with E-state index in [1.165, 1.54) is 51.2 Å². The van der Waals surface area contributed by atoms with Crippen molar-refractivity contribution in [3.8, 4) is 5.75 Å². The highest BCUT2D eigenvalue weighted by Crippen LogP contribution is 2.14. The van der Waals surface area contributed by atoms with Crippen molar-refractivity contribution in [2.45, 2.75) is 71.1 Å². The zero-order chi connectivity index (χ0) is 16.8. The Balaban J connectivity index is 1.82. The molecule has 0 amide bonds. The van der Waals surface area contributed by atoms with Crippen LogP contribution in [0.4, 0.5) is 0 Å². The summed E-state index contributed by atoms with van der Waals surface area (Å²) in [5.74, 6) is 0.898. The molecule has 0 aliphatic heterocycles. The molecular formula is C20H32O3. The van der Waals surface area contributed by atoms with E-state index in [9.17, 15) is 4.79 Å². The number of rotatable bonds is 13. The molecule has 1 rings (SSSR count). The maximum Gasteiger partial charge on any atom is 0.305 e. The fourth-order valence-corrected chi connectivity index (χ4v) is 2.61. The molecule has 0 bridgehead atoms. The first-order valence-electron chi connectivity index (χ1n) is 8.98. The van der Waals surface area contributed by atoms with E-state index < -0.39 is 0 Å². The molecule has 3 nitrogen and oxygen atoms in total. The number of carbonyl (C=O) groups excluding carboxylic acids is 1. The Bertz CT molecular complexity index is 429. The number of carbonyl (C=O) groups is 1. The predicted octanol–water partition coefficient (Wildman–Crippen LogP) is 5.45. The summed E-state index contributed by atoms with van der Waals surface area (Å²) in [7, 11) is 1.45. The van der Waals surface area contributed by atoms with Crippen LogP contribution in [0.15, 0.2) is 24.3 Å². The van der Waals surface area contributed by atoms with Crippen LogP contribution in [0.25, 0.3) is 0 Å². The van der Waals surface area contributed by atoms with E-state index in [2.05, 4.69) is 23.8 Å². The highest BCUT2D eigenvalue weighted by molar-refractivity contribution is 5.68. The van der Waals surface area contributed by atoms with Gasteiger partial charge in [0.2, 0.25) is 0 Å². The molecule has 23 heavy (non-hydrogen) atoms. The van der Waals surface area contributed by atoms with Crippen LogP contribution in [0.3, 0.4) is 0 Å². The number of methoxy groups -OCH3 is 1. The molecule has 0 fully saturated rings. The molecule has 0 spiro atoms. The van der Waals surface area contributed by atoms with E-state index in [-0.39, 0.29) is 5.97 Å². The lowest BCUT2D eigenvalue weighted by atomic mass is 10.1. The second-order valence-corrected chi connectivity index (χ2v) is 6.17. The van der Waals surface area contributed by atoms with Crippen LogP contribution in [0.2, 0.25) is 0 Å². The van der Waals surface area contributed by atoms with E-state index in [0.29, 0.717) is 6.42 Å². The van der Waals surface area contributed by atoms with Crippen LogP contribution < -0.4 is 4.74 Å². The van der Waals surface area contributed by atoms with Crippen molar-refractivity contribution in [3.63, 3.8) is 0 Å². The van der Waals surface area contributed by atoms with Crippen LogP contribution in [0, 0.1) is 6.92 Å². The third-order valence-electron chi connectivity index (χ3n) is 4.01. The standard InChI is InChI=1S/C20H32O3/c1-18-13-12-14-19(17-18)23-16-11-9-7-5-3-4-6-8-10-15-20(21)22-2/h12-14,17H,3-11,15-16H2,1-2H3. The van der Waals surface area contributed by atoms with Gasteiger partial charge in [0.15, 0.2) is 0 Å². The summed E-state index contributed by atoms with van der Waals surface area (Å²) in [6.45, 7) is 2.90. The summed E-state index contributed by atoms with van der Waals surface area (Å²) in [5, 5.41) is 0. The van der Waals surface area contributed by atoms with E-state index >= 15 is 0 Å². The monoisotopic (exact) mass is 320 g/mol. The summed E-state index contributed by atoms with van der Waals surface area (Å²) in [6, 6.07) is 8.23. The highest BCUT2D eigenvalue weighted by Gasteiger charge is 1.99. The van der Waals surface area contributed by atoms with Crippen LogP contribution in [-0.2, 0) is 9.53 Å². The molecule has 0 heterocycles.